The number of piperidine rings is 1. The molecule has 1 fully saturated rings. The van der Waals surface area contributed by atoms with Crippen molar-refractivity contribution in [2.24, 2.45) is 0 Å². The fourth-order valence-corrected chi connectivity index (χ4v) is 2.16. The minimum absolute atomic E-state index is 0.144. The smallest absolute Gasteiger partial charge is 0.123 e. The molecule has 1 saturated heterocycles. The first-order chi connectivity index (χ1) is 7.34. The number of nitrogens with one attached hydrogen (secondary N) is 1. The molecular formula is C13H18FN. The average molecular weight is 207 g/mol. The average Bonchev–Trinajstić information content (AvgIpc) is 2.30. The van der Waals surface area contributed by atoms with Crippen molar-refractivity contribution in [2.75, 3.05) is 6.54 Å². The SMILES string of the molecule is Fc1ccc(CCC2CCCCN2)cc1. The summed E-state index contributed by atoms with van der Waals surface area (Å²) >= 11 is 0. The first kappa shape index (κ1) is 10.6. The Balaban J connectivity index is 1.79. The van der Waals surface area contributed by atoms with E-state index in [-0.39, 0.29) is 5.82 Å². The molecule has 0 bridgehead atoms. The quantitative estimate of drug-likeness (QED) is 0.803. The van der Waals surface area contributed by atoms with Gasteiger partial charge in [-0.1, -0.05) is 18.6 Å². The summed E-state index contributed by atoms with van der Waals surface area (Å²) in [6.07, 6.45) is 6.18. The lowest BCUT2D eigenvalue weighted by Crippen LogP contribution is -2.34. The van der Waals surface area contributed by atoms with Crippen LogP contribution in [0.3, 0.4) is 0 Å². The molecule has 1 aromatic carbocycles. The van der Waals surface area contributed by atoms with Crippen LogP contribution in [0.5, 0.6) is 0 Å². The minimum Gasteiger partial charge on any atom is -0.314 e. The van der Waals surface area contributed by atoms with Gasteiger partial charge < -0.3 is 5.32 Å². The first-order valence-electron chi connectivity index (χ1n) is 5.82. The summed E-state index contributed by atoms with van der Waals surface area (Å²) in [6, 6.07) is 7.53. The standard InChI is InChI=1S/C13H18FN/c14-12-7-4-11(5-8-12)6-9-13-3-1-2-10-15-13/h4-5,7-8,13,15H,1-3,6,9-10H2. The highest BCUT2D eigenvalue weighted by atomic mass is 19.1. The maximum atomic E-state index is 12.7. The van der Waals surface area contributed by atoms with Gasteiger partial charge >= 0.3 is 0 Å². The van der Waals surface area contributed by atoms with Crippen molar-refractivity contribution in [2.45, 2.75) is 38.1 Å². The van der Waals surface area contributed by atoms with Crippen molar-refractivity contribution in [3.63, 3.8) is 0 Å². The van der Waals surface area contributed by atoms with E-state index in [1.807, 2.05) is 12.1 Å². The first-order valence-corrected chi connectivity index (χ1v) is 5.82. The van der Waals surface area contributed by atoms with Crippen LogP contribution in [-0.2, 0) is 6.42 Å². The van der Waals surface area contributed by atoms with Gasteiger partial charge in [0, 0.05) is 6.04 Å². The third-order valence-corrected chi connectivity index (χ3v) is 3.11. The van der Waals surface area contributed by atoms with E-state index in [1.165, 1.54) is 31.2 Å². The molecule has 0 saturated carbocycles. The molecule has 1 aliphatic heterocycles. The summed E-state index contributed by atoms with van der Waals surface area (Å²) in [6.45, 7) is 1.16. The van der Waals surface area contributed by atoms with E-state index in [0.29, 0.717) is 6.04 Å². The molecule has 0 radical (unpaired) electrons. The summed E-state index contributed by atoms with van der Waals surface area (Å²) in [4.78, 5) is 0. The molecule has 0 spiro atoms. The summed E-state index contributed by atoms with van der Waals surface area (Å²) in [7, 11) is 0. The van der Waals surface area contributed by atoms with Crippen molar-refractivity contribution in [1.29, 1.82) is 0 Å². The van der Waals surface area contributed by atoms with Gasteiger partial charge in [-0.3, -0.25) is 0 Å². The summed E-state index contributed by atoms with van der Waals surface area (Å²) < 4.78 is 12.7. The van der Waals surface area contributed by atoms with E-state index in [0.717, 1.165) is 13.0 Å². The molecule has 1 atom stereocenters. The van der Waals surface area contributed by atoms with Crippen molar-refractivity contribution in [3.05, 3.63) is 35.6 Å². The van der Waals surface area contributed by atoms with Crippen molar-refractivity contribution in [1.82, 2.24) is 5.32 Å². The highest BCUT2D eigenvalue weighted by molar-refractivity contribution is 5.16. The number of benzene rings is 1. The zero-order chi connectivity index (χ0) is 10.5. The molecule has 15 heavy (non-hydrogen) atoms. The van der Waals surface area contributed by atoms with E-state index in [9.17, 15) is 4.39 Å². The number of halogens is 1. The molecule has 1 heterocycles. The Kier molecular flexibility index (Phi) is 3.73. The molecule has 1 unspecified atom stereocenters. The molecule has 82 valence electrons. The van der Waals surface area contributed by atoms with Gasteiger partial charge in [0.1, 0.15) is 5.82 Å². The number of rotatable bonds is 3. The van der Waals surface area contributed by atoms with Crippen molar-refractivity contribution < 1.29 is 4.39 Å². The van der Waals surface area contributed by atoms with Gasteiger partial charge in [-0.15, -0.1) is 0 Å². The number of hydrogen-bond acceptors (Lipinski definition) is 1. The van der Waals surface area contributed by atoms with E-state index in [1.54, 1.807) is 12.1 Å². The lowest BCUT2D eigenvalue weighted by Gasteiger charge is -2.23. The van der Waals surface area contributed by atoms with Gasteiger partial charge in [-0.2, -0.15) is 0 Å². The second-order valence-corrected chi connectivity index (χ2v) is 4.31. The van der Waals surface area contributed by atoms with Crippen LogP contribution in [0, 0.1) is 5.82 Å². The maximum Gasteiger partial charge on any atom is 0.123 e. The normalized spacial score (nSPS) is 21.5. The van der Waals surface area contributed by atoms with Gasteiger partial charge in [-0.05, 0) is 49.9 Å². The molecule has 2 rings (SSSR count). The van der Waals surface area contributed by atoms with Gasteiger partial charge in [0.15, 0.2) is 0 Å². The predicted molar refractivity (Wildman–Crippen MR) is 60.4 cm³/mol. The Morgan fingerprint density at radius 2 is 2.00 bits per heavy atom. The molecule has 1 aromatic rings. The monoisotopic (exact) mass is 207 g/mol. The number of aryl methyl sites for hydroxylation is 1. The van der Waals surface area contributed by atoms with E-state index in [4.69, 9.17) is 0 Å². The van der Waals surface area contributed by atoms with E-state index in [2.05, 4.69) is 5.32 Å². The van der Waals surface area contributed by atoms with Crippen molar-refractivity contribution >= 4 is 0 Å². The van der Waals surface area contributed by atoms with Crippen LogP contribution in [0.25, 0.3) is 0 Å². The Morgan fingerprint density at radius 1 is 1.20 bits per heavy atom. The van der Waals surface area contributed by atoms with Gasteiger partial charge in [0.2, 0.25) is 0 Å². The lowest BCUT2D eigenvalue weighted by atomic mass is 9.98. The zero-order valence-corrected chi connectivity index (χ0v) is 9.01. The predicted octanol–water partition coefficient (Wildman–Crippen LogP) is 2.90. The summed E-state index contributed by atoms with van der Waals surface area (Å²) in [5, 5.41) is 3.53. The third-order valence-electron chi connectivity index (χ3n) is 3.11. The lowest BCUT2D eigenvalue weighted by molar-refractivity contribution is 0.383. The molecule has 1 N–H and O–H groups in total. The third kappa shape index (κ3) is 3.31. The van der Waals surface area contributed by atoms with Crippen LogP contribution in [0.1, 0.15) is 31.2 Å². The molecule has 0 aromatic heterocycles. The van der Waals surface area contributed by atoms with Gasteiger partial charge in [0.05, 0.1) is 0 Å². The zero-order valence-electron chi connectivity index (χ0n) is 9.01. The van der Waals surface area contributed by atoms with Gasteiger partial charge in [0.25, 0.3) is 0 Å². The molecule has 0 aliphatic carbocycles. The topological polar surface area (TPSA) is 12.0 Å². The molecule has 1 nitrogen and oxygen atoms in total. The Morgan fingerprint density at radius 3 is 2.67 bits per heavy atom. The maximum absolute atomic E-state index is 12.7. The van der Waals surface area contributed by atoms with Crippen LogP contribution in [0.4, 0.5) is 4.39 Å². The van der Waals surface area contributed by atoms with Crippen LogP contribution >= 0.6 is 0 Å². The number of hydrogen-bond donors (Lipinski definition) is 1. The second-order valence-electron chi connectivity index (χ2n) is 4.31. The molecular weight excluding hydrogens is 189 g/mol. The highest BCUT2D eigenvalue weighted by Gasteiger charge is 2.11. The summed E-state index contributed by atoms with van der Waals surface area (Å²) in [5.74, 6) is -0.144. The Hall–Kier alpha value is -0.890. The second kappa shape index (κ2) is 5.26. The fraction of sp³-hybridized carbons (Fsp3) is 0.538. The van der Waals surface area contributed by atoms with Crippen molar-refractivity contribution in [3.8, 4) is 0 Å². The van der Waals surface area contributed by atoms with Gasteiger partial charge in [-0.25, -0.2) is 4.39 Å². The van der Waals surface area contributed by atoms with Crippen LogP contribution in [0.2, 0.25) is 0 Å². The van der Waals surface area contributed by atoms with E-state index < -0.39 is 0 Å². The van der Waals surface area contributed by atoms with Crippen LogP contribution in [0.15, 0.2) is 24.3 Å². The summed E-state index contributed by atoms with van der Waals surface area (Å²) in [5.41, 5.74) is 1.24. The molecule has 0 amide bonds. The molecule has 2 heteroatoms. The Labute approximate surface area is 90.7 Å². The minimum atomic E-state index is -0.144. The van der Waals surface area contributed by atoms with E-state index >= 15 is 0 Å². The highest BCUT2D eigenvalue weighted by Crippen LogP contribution is 2.13. The molecule has 1 aliphatic rings. The largest absolute Gasteiger partial charge is 0.314 e. The van der Waals surface area contributed by atoms with Crippen LogP contribution in [-0.4, -0.2) is 12.6 Å². The van der Waals surface area contributed by atoms with Crippen LogP contribution < -0.4 is 5.32 Å². The fourth-order valence-electron chi connectivity index (χ4n) is 2.16. The Bertz CT molecular complexity index is 288.